The zero-order chi connectivity index (χ0) is 17.2. The minimum atomic E-state index is 0.186. The number of halogens is 1. The third-order valence-electron chi connectivity index (χ3n) is 3.66. The average molecular weight is 353 g/mol. The van der Waals surface area contributed by atoms with E-state index >= 15 is 0 Å². The van der Waals surface area contributed by atoms with Crippen LogP contribution in [-0.2, 0) is 0 Å². The van der Waals surface area contributed by atoms with Gasteiger partial charge in [-0.2, -0.15) is 4.52 Å². The van der Waals surface area contributed by atoms with Crippen LogP contribution >= 0.6 is 11.6 Å². The van der Waals surface area contributed by atoms with Crippen molar-refractivity contribution in [3.05, 3.63) is 65.9 Å². The van der Waals surface area contributed by atoms with Gasteiger partial charge in [-0.1, -0.05) is 24.3 Å². The quantitative estimate of drug-likeness (QED) is 0.549. The second-order valence-corrected chi connectivity index (χ2v) is 5.61. The van der Waals surface area contributed by atoms with Gasteiger partial charge >= 0.3 is 0 Å². The van der Waals surface area contributed by atoms with E-state index in [1.807, 2.05) is 48.5 Å². The van der Waals surface area contributed by atoms with Crippen LogP contribution in [0.2, 0.25) is 5.28 Å². The Labute approximate surface area is 148 Å². The van der Waals surface area contributed by atoms with Crippen molar-refractivity contribution in [2.75, 3.05) is 7.11 Å². The fourth-order valence-electron chi connectivity index (χ4n) is 2.46. The molecule has 7 heteroatoms. The number of ether oxygens (including phenoxy) is 2. The summed E-state index contributed by atoms with van der Waals surface area (Å²) in [5.74, 6) is 1.87. The smallest absolute Gasteiger partial charge is 0.246 e. The maximum absolute atomic E-state index is 5.94. The summed E-state index contributed by atoms with van der Waals surface area (Å²) in [5, 5.41) is 12.1. The highest BCUT2D eigenvalue weighted by molar-refractivity contribution is 6.28. The van der Waals surface area contributed by atoms with Gasteiger partial charge in [0.15, 0.2) is 5.65 Å². The molecular formula is C18H13ClN4O2. The summed E-state index contributed by atoms with van der Waals surface area (Å²) in [6.45, 7) is 0. The van der Waals surface area contributed by atoms with Crippen LogP contribution in [0.3, 0.4) is 0 Å². The summed E-state index contributed by atoms with van der Waals surface area (Å²) in [7, 11) is 1.65. The molecule has 0 bridgehead atoms. The molecule has 4 aromatic rings. The van der Waals surface area contributed by atoms with Crippen molar-refractivity contribution in [3.8, 4) is 28.5 Å². The topological polar surface area (TPSA) is 61.5 Å². The van der Waals surface area contributed by atoms with Gasteiger partial charge in [-0.25, -0.2) is 0 Å². The second kappa shape index (κ2) is 6.41. The van der Waals surface area contributed by atoms with Gasteiger partial charge in [0.05, 0.1) is 7.11 Å². The molecule has 124 valence electrons. The number of hydrogen-bond acceptors (Lipinski definition) is 5. The number of rotatable bonds is 4. The number of nitrogens with zero attached hydrogens (tertiary/aromatic N) is 4. The number of hydrogen-bond donors (Lipinski definition) is 0. The predicted octanol–water partition coefficient (Wildman–Crippen LogP) is 4.25. The highest BCUT2D eigenvalue weighted by atomic mass is 35.5. The molecule has 0 unspecified atom stereocenters. The van der Waals surface area contributed by atoms with Crippen LogP contribution in [0.15, 0.2) is 60.7 Å². The van der Waals surface area contributed by atoms with Crippen molar-refractivity contribution in [3.63, 3.8) is 0 Å². The highest BCUT2D eigenvalue weighted by Crippen LogP contribution is 2.28. The van der Waals surface area contributed by atoms with Crippen LogP contribution in [0.5, 0.6) is 17.4 Å². The first-order valence-corrected chi connectivity index (χ1v) is 7.91. The molecule has 0 N–H and O–H groups in total. The van der Waals surface area contributed by atoms with Crippen molar-refractivity contribution in [1.29, 1.82) is 0 Å². The summed E-state index contributed by atoms with van der Waals surface area (Å²) >= 11 is 5.94. The van der Waals surface area contributed by atoms with Gasteiger partial charge in [-0.05, 0) is 53.1 Å². The number of aromatic nitrogens is 4. The largest absolute Gasteiger partial charge is 0.497 e. The normalized spacial score (nSPS) is 10.8. The lowest BCUT2D eigenvalue weighted by molar-refractivity contribution is 0.415. The van der Waals surface area contributed by atoms with E-state index < -0.39 is 0 Å². The highest BCUT2D eigenvalue weighted by Gasteiger charge is 2.07. The van der Waals surface area contributed by atoms with Crippen LogP contribution in [0.1, 0.15) is 0 Å². The van der Waals surface area contributed by atoms with E-state index in [0.29, 0.717) is 17.3 Å². The van der Waals surface area contributed by atoms with Crippen molar-refractivity contribution < 1.29 is 9.47 Å². The first-order valence-electron chi connectivity index (χ1n) is 7.53. The van der Waals surface area contributed by atoms with E-state index in [-0.39, 0.29) is 5.28 Å². The van der Waals surface area contributed by atoms with Crippen molar-refractivity contribution in [2.24, 2.45) is 0 Å². The molecule has 2 aromatic carbocycles. The van der Waals surface area contributed by atoms with Gasteiger partial charge in [-0.3, -0.25) is 0 Å². The first-order chi connectivity index (χ1) is 12.2. The lowest BCUT2D eigenvalue weighted by Gasteiger charge is -2.08. The Morgan fingerprint density at radius 2 is 1.60 bits per heavy atom. The Morgan fingerprint density at radius 1 is 0.880 bits per heavy atom. The molecule has 2 aromatic heterocycles. The van der Waals surface area contributed by atoms with E-state index in [9.17, 15) is 0 Å². The zero-order valence-corrected chi connectivity index (χ0v) is 14.0. The number of fused-ring (bicyclic) bond motifs is 1. The van der Waals surface area contributed by atoms with Gasteiger partial charge in [0.1, 0.15) is 11.5 Å². The fraction of sp³-hybridized carbons (Fsp3) is 0.0556. The molecule has 0 radical (unpaired) electrons. The van der Waals surface area contributed by atoms with E-state index in [4.69, 9.17) is 21.1 Å². The molecule has 25 heavy (non-hydrogen) atoms. The maximum Gasteiger partial charge on any atom is 0.246 e. The molecular weight excluding hydrogens is 340 g/mol. The molecule has 0 amide bonds. The van der Waals surface area contributed by atoms with Crippen molar-refractivity contribution in [2.45, 2.75) is 0 Å². The molecule has 4 rings (SSSR count). The molecule has 0 atom stereocenters. The van der Waals surface area contributed by atoms with Crippen molar-refractivity contribution in [1.82, 2.24) is 19.8 Å². The summed E-state index contributed by atoms with van der Waals surface area (Å²) in [4.78, 5) is 0. The van der Waals surface area contributed by atoms with E-state index in [2.05, 4.69) is 15.3 Å². The number of methoxy groups -OCH3 is 1. The zero-order valence-electron chi connectivity index (χ0n) is 13.3. The SMILES string of the molecule is COc1cccc(-c2cccc(Oc3ccc4nnc(Cl)n4n3)c2)c1. The summed E-state index contributed by atoms with van der Waals surface area (Å²) in [5.41, 5.74) is 2.61. The lowest BCUT2D eigenvalue weighted by Crippen LogP contribution is -1.95. The molecule has 0 saturated heterocycles. The van der Waals surface area contributed by atoms with Gasteiger partial charge in [0, 0.05) is 6.07 Å². The van der Waals surface area contributed by atoms with E-state index in [0.717, 1.165) is 16.9 Å². The predicted molar refractivity (Wildman–Crippen MR) is 94.3 cm³/mol. The minimum absolute atomic E-state index is 0.186. The van der Waals surface area contributed by atoms with Crippen LogP contribution in [0.4, 0.5) is 0 Å². The van der Waals surface area contributed by atoms with Crippen LogP contribution < -0.4 is 9.47 Å². The molecule has 6 nitrogen and oxygen atoms in total. The Balaban J connectivity index is 1.65. The molecule has 0 saturated carbocycles. The summed E-state index contributed by atoms with van der Waals surface area (Å²) in [6.07, 6.45) is 0. The van der Waals surface area contributed by atoms with Gasteiger partial charge in [-0.15, -0.1) is 15.3 Å². The second-order valence-electron chi connectivity index (χ2n) is 5.27. The van der Waals surface area contributed by atoms with Crippen LogP contribution in [0, 0.1) is 0 Å². The van der Waals surface area contributed by atoms with Crippen molar-refractivity contribution >= 4 is 17.2 Å². The standard InChI is InChI=1S/C18H13ClN4O2/c1-24-14-6-2-4-12(10-14)13-5-3-7-15(11-13)25-17-9-8-16-20-21-18(19)23(16)22-17/h2-11H,1H3. The monoisotopic (exact) mass is 352 g/mol. The lowest BCUT2D eigenvalue weighted by atomic mass is 10.1. The third kappa shape index (κ3) is 3.12. The fourth-order valence-corrected chi connectivity index (χ4v) is 2.63. The van der Waals surface area contributed by atoms with E-state index in [1.165, 1.54) is 4.52 Å². The summed E-state index contributed by atoms with van der Waals surface area (Å²) < 4.78 is 12.5. The molecule has 2 heterocycles. The third-order valence-corrected chi connectivity index (χ3v) is 3.90. The molecule has 0 fully saturated rings. The number of benzene rings is 2. The van der Waals surface area contributed by atoms with Crippen LogP contribution in [0.25, 0.3) is 16.8 Å². The molecule has 0 spiro atoms. The maximum atomic E-state index is 5.94. The summed E-state index contributed by atoms with van der Waals surface area (Å²) in [6, 6.07) is 19.0. The van der Waals surface area contributed by atoms with Crippen LogP contribution in [-0.4, -0.2) is 26.9 Å². The van der Waals surface area contributed by atoms with Gasteiger partial charge in [0.2, 0.25) is 11.2 Å². The Bertz CT molecular complexity index is 1050. The van der Waals surface area contributed by atoms with E-state index in [1.54, 1.807) is 19.2 Å². The Kier molecular flexibility index (Phi) is 3.95. The molecule has 0 aliphatic rings. The molecule has 0 aliphatic carbocycles. The minimum Gasteiger partial charge on any atom is -0.497 e. The molecule has 0 aliphatic heterocycles. The average Bonchev–Trinajstić information content (AvgIpc) is 3.03. The van der Waals surface area contributed by atoms with Gasteiger partial charge < -0.3 is 9.47 Å². The Morgan fingerprint density at radius 3 is 2.36 bits per heavy atom. The first kappa shape index (κ1) is 15.4. The Hall–Kier alpha value is -3.12. The van der Waals surface area contributed by atoms with Gasteiger partial charge in [0.25, 0.3) is 0 Å².